The van der Waals surface area contributed by atoms with E-state index in [4.69, 9.17) is 0 Å². The molecule has 3 heterocycles. The van der Waals surface area contributed by atoms with Crippen LogP contribution < -0.4 is 10.9 Å². The Labute approximate surface area is 153 Å². The molecule has 2 aliphatic rings. The van der Waals surface area contributed by atoms with Crippen LogP contribution in [0.2, 0.25) is 0 Å². The monoisotopic (exact) mass is 357 g/mol. The lowest BCUT2D eigenvalue weighted by Gasteiger charge is -2.26. The van der Waals surface area contributed by atoms with Crippen molar-refractivity contribution in [2.45, 2.75) is 57.5 Å². The van der Waals surface area contributed by atoms with E-state index in [0.717, 1.165) is 37.1 Å². The Morgan fingerprint density at radius 3 is 2.65 bits per heavy atom. The summed E-state index contributed by atoms with van der Waals surface area (Å²) in [7, 11) is 3.95. The molecule has 2 aromatic heterocycles. The molecule has 0 radical (unpaired) electrons. The van der Waals surface area contributed by atoms with Crippen LogP contribution in [0.1, 0.15) is 60.1 Å². The van der Waals surface area contributed by atoms with Crippen LogP contribution in [0.5, 0.6) is 0 Å². The molecule has 7 heteroatoms. The predicted molar refractivity (Wildman–Crippen MR) is 99.4 cm³/mol. The highest BCUT2D eigenvalue weighted by molar-refractivity contribution is 6.00. The fourth-order valence-corrected chi connectivity index (χ4v) is 4.37. The van der Waals surface area contributed by atoms with E-state index in [2.05, 4.69) is 15.3 Å². The Bertz CT molecular complexity index is 889. The summed E-state index contributed by atoms with van der Waals surface area (Å²) in [5.41, 5.74) is 2.80. The molecule has 1 aliphatic carbocycles. The lowest BCUT2D eigenvalue weighted by Crippen LogP contribution is -2.37. The standard InChI is InChI=1S/C19H27N5O2/c1-22-10-9-16-15(12-22)19(26)24-18(23(16)2)14(11-20-24)17(25)21-13-7-5-3-4-6-8-13/h11,13H,3-10,12H2,1-2H3,(H,21,25). The van der Waals surface area contributed by atoms with Gasteiger partial charge in [-0.15, -0.1) is 0 Å². The maximum atomic E-state index is 12.9. The van der Waals surface area contributed by atoms with Gasteiger partial charge in [-0.3, -0.25) is 9.59 Å². The maximum absolute atomic E-state index is 12.9. The number of hydrogen-bond acceptors (Lipinski definition) is 4. The number of carbonyl (C=O) groups excluding carboxylic acids is 1. The Morgan fingerprint density at radius 2 is 1.92 bits per heavy atom. The molecule has 26 heavy (non-hydrogen) atoms. The van der Waals surface area contributed by atoms with Gasteiger partial charge in [-0.2, -0.15) is 9.61 Å². The van der Waals surface area contributed by atoms with Gasteiger partial charge >= 0.3 is 0 Å². The first-order valence-corrected chi connectivity index (χ1v) is 9.64. The zero-order valence-corrected chi connectivity index (χ0v) is 15.6. The molecule has 2 aromatic rings. The number of aryl methyl sites for hydroxylation is 1. The highest BCUT2D eigenvalue weighted by Crippen LogP contribution is 2.20. The summed E-state index contributed by atoms with van der Waals surface area (Å²) >= 11 is 0. The predicted octanol–water partition coefficient (Wildman–Crippen LogP) is 1.47. The van der Waals surface area contributed by atoms with Crippen molar-refractivity contribution >= 4 is 11.6 Å². The van der Waals surface area contributed by atoms with Gasteiger partial charge in [0, 0.05) is 38.3 Å². The van der Waals surface area contributed by atoms with Crippen molar-refractivity contribution in [1.82, 2.24) is 24.4 Å². The fourth-order valence-electron chi connectivity index (χ4n) is 4.37. The molecule has 1 aliphatic heterocycles. The van der Waals surface area contributed by atoms with Gasteiger partial charge in [0.2, 0.25) is 0 Å². The van der Waals surface area contributed by atoms with Gasteiger partial charge in [-0.25, -0.2) is 0 Å². The smallest absolute Gasteiger partial charge is 0.279 e. The number of amides is 1. The minimum absolute atomic E-state index is 0.104. The Morgan fingerprint density at radius 1 is 1.19 bits per heavy atom. The normalized spacial score (nSPS) is 19.3. The summed E-state index contributed by atoms with van der Waals surface area (Å²) in [6.45, 7) is 1.54. The van der Waals surface area contributed by atoms with Crippen LogP contribution in [0.15, 0.2) is 11.0 Å². The lowest BCUT2D eigenvalue weighted by atomic mass is 10.1. The summed E-state index contributed by atoms with van der Waals surface area (Å²) in [6.07, 6.45) is 9.24. The number of aromatic nitrogens is 3. The van der Waals surface area contributed by atoms with E-state index in [0.29, 0.717) is 17.8 Å². The van der Waals surface area contributed by atoms with Crippen LogP contribution in [0, 0.1) is 0 Å². The second kappa shape index (κ2) is 6.87. The van der Waals surface area contributed by atoms with E-state index in [1.54, 1.807) is 0 Å². The van der Waals surface area contributed by atoms with Crippen molar-refractivity contribution in [2.24, 2.45) is 7.05 Å². The van der Waals surface area contributed by atoms with Crippen LogP contribution in [0.3, 0.4) is 0 Å². The van der Waals surface area contributed by atoms with E-state index in [-0.39, 0.29) is 17.5 Å². The zero-order valence-electron chi connectivity index (χ0n) is 15.6. The first kappa shape index (κ1) is 17.3. The molecule has 1 amide bonds. The van der Waals surface area contributed by atoms with Crippen molar-refractivity contribution < 1.29 is 4.79 Å². The van der Waals surface area contributed by atoms with Gasteiger partial charge in [0.05, 0.1) is 11.8 Å². The minimum Gasteiger partial charge on any atom is -0.349 e. The molecule has 4 rings (SSSR count). The molecular formula is C19H27N5O2. The third-order valence-electron chi connectivity index (χ3n) is 5.86. The molecule has 0 saturated heterocycles. The quantitative estimate of drug-likeness (QED) is 0.827. The topological polar surface area (TPSA) is 71.6 Å². The van der Waals surface area contributed by atoms with E-state index in [1.165, 1.54) is 36.4 Å². The summed E-state index contributed by atoms with van der Waals surface area (Å²) < 4.78 is 3.37. The largest absolute Gasteiger partial charge is 0.349 e. The third kappa shape index (κ3) is 2.94. The van der Waals surface area contributed by atoms with Crippen molar-refractivity contribution in [2.75, 3.05) is 13.6 Å². The van der Waals surface area contributed by atoms with Gasteiger partial charge in [-0.05, 0) is 19.9 Å². The molecule has 1 fully saturated rings. The highest BCUT2D eigenvalue weighted by Gasteiger charge is 2.26. The van der Waals surface area contributed by atoms with Crippen LogP contribution in [-0.2, 0) is 20.0 Å². The summed E-state index contributed by atoms with van der Waals surface area (Å²) in [4.78, 5) is 27.9. The Kier molecular flexibility index (Phi) is 4.56. The Balaban J connectivity index is 1.71. The fraction of sp³-hybridized carbons (Fsp3) is 0.632. The number of hydrogen-bond donors (Lipinski definition) is 1. The molecule has 0 spiro atoms. The number of nitrogens with one attached hydrogen (secondary N) is 1. The maximum Gasteiger partial charge on any atom is 0.279 e. The van der Waals surface area contributed by atoms with Crippen LogP contribution in [-0.4, -0.2) is 44.6 Å². The molecule has 140 valence electrons. The number of likely N-dealkylation sites (N-methyl/N-ethyl adjacent to an activating group) is 1. The highest BCUT2D eigenvalue weighted by atomic mass is 16.2. The zero-order chi connectivity index (χ0) is 18.3. The number of rotatable bonds is 2. The molecular weight excluding hydrogens is 330 g/mol. The van der Waals surface area contributed by atoms with Crippen LogP contribution in [0.4, 0.5) is 0 Å². The molecule has 7 nitrogen and oxygen atoms in total. The van der Waals surface area contributed by atoms with Gasteiger partial charge in [-0.1, -0.05) is 25.7 Å². The third-order valence-corrected chi connectivity index (χ3v) is 5.86. The van der Waals surface area contributed by atoms with E-state index >= 15 is 0 Å². The van der Waals surface area contributed by atoms with Crippen molar-refractivity contribution in [3.05, 3.63) is 33.4 Å². The molecule has 0 unspecified atom stereocenters. The summed E-state index contributed by atoms with van der Waals surface area (Å²) in [6, 6.07) is 0.225. The van der Waals surface area contributed by atoms with Crippen LogP contribution in [0.25, 0.3) is 5.65 Å². The number of fused-ring (bicyclic) bond motifs is 2. The van der Waals surface area contributed by atoms with Crippen molar-refractivity contribution in [3.8, 4) is 0 Å². The first-order valence-electron chi connectivity index (χ1n) is 9.64. The SMILES string of the molecule is CN1CCc2c(c(=O)n3ncc(C(=O)NC4CCCCCC4)c3n2C)C1. The second-order valence-corrected chi connectivity index (χ2v) is 7.73. The van der Waals surface area contributed by atoms with Crippen molar-refractivity contribution in [1.29, 1.82) is 0 Å². The first-order chi connectivity index (χ1) is 12.6. The lowest BCUT2D eigenvalue weighted by molar-refractivity contribution is 0.0934. The van der Waals surface area contributed by atoms with Gasteiger partial charge in [0.25, 0.3) is 11.5 Å². The van der Waals surface area contributed by atoms with Crippen molar-refractivity contribution in [3.63, 3.8) is 0 Å². The van der Waals surface area contributed by atoms with E-state index in [9.17, 15) is 9.59 Å². The molecule has 1 saturated carbocycles. The molecule has 1 N–H and O–H groups in total. The molecule has 0 atom stereocenters. The number of nitrogens with zero attached hydrogens (tertiary/aromatic N) is 4. The average molecular weight is 357 g/mol. The van der Waals surface area contributed by atoms with Gasteiger partial charge in [0.15, 0.2) is 5.65 Å². The molecule has 0 aromatic carbocycles. The number of carbonyl (C=O) groups is 1. The Hall–Kier alpha value is -2.15. The van der Waals surface area contributed by atoms with Crippen LogP contribution >= 0.6 is 0 Å². The van der Waals surface area contributed by atoms with Gasteiger partial charge < -0.3 is 14.8 Å². The minimum atomic E-state index is -0.116. The second-order valence-electron chi connectivity index (χ2n) is 7.73. The molecule has 0 bridgehead atoms. The van der Waals surface area contributed by atoms with Gasteiger partial charge in [0.1, 0.15) is 5.56 Å². The average Bonchev–Trinajstić information content (AvgIpc) is 2.92. The summed E-state index contributed by atoms with van der Waals surface area (Å²) in [5, 5.41) is 7.42. The van der Waals surface area contributed by atoms with E-state index in [1.807, 2.05) is 18.7 Å². The summed E-state index contributed by atoms with van der Waals surface area (Å²) in [5.74, 6) is -0.116. The van der Waals surface area contributed by atoms with E-state index < -0.39 is 0 Å².